The first kappa shape index (κ1) is 14.7. The summed E-state index contributed by atoms with van der Waals surface area (Å²) in [6, 6.07) is 9.27. The van der Waals surface area contributed by atoms with E-state index in [1.165, 1.54) is 22.1 Å². The number of hydrogen-bond acceptors (Lipinski definition) is 5. The lowest BCUT2D eigenvalue weighted by atomic mass is 10.3. The Hall–Kier alpha value is -2.22. The van der Waals surface area contributed by atoms with Crippen LogP contribution in [0.25, 0.3) is 5.69 Å². The quantitative estimate of drug-likeness (QED) is 0.823. The molecule has 1 aliphatic rings. The van der Waals surface area contributed by atoms with E-state index in [1.807, 2.05) is 30.3 Å². The van der Waals surface area contributed by atoms with Crippen molar-refractivity contribution in [2.24, 2.45) is 0 Å². The third kappa shape index (κ3) is 2.87. The number of hydrogen-bond donors (Lipinski definition) is 0. The van der Waals surface area contributed by atoms with Gasteiger partial charge >= 0.3 is 0 Å². The second-order valence-electron chi connectivity index (χ2n) is 5.35. The van der Waals surface area contributed by atoms with Gasteiger partial charge in [0, 0.05) is 19.3 Å². The molecule has 1 amide bonds. The molecule has 2 aromatic rings. The van der Waals surface area contributed by atoms with Crippen LogP contribution in [0.2, 0.25) is 0 Å². The molecule has 0 saturated carbocycles. The van der Waals surface area contributed by atoms with Gasteiger partial charge in [-0.2, -0.15) is 9.90 Å². The number of nitrogens with zero attached hydrogens (tertiary/aromatic N) is 4. The van der Waals surface area contributed by atoms with E-state index in [0.29, 0.717) is 13.0 Å². The third-order valence-electron chi connectivity index (χ3n) is 3.74. The smallest absolute Gasteiger partial charge is 0.276 e. The molecule has 1 aromatic carbocycles. The van der Waals surface area contributed by atoms with E-state index < -0.39 is 15.1 Å². The normalized spacial score (nSPS) is 18.6. The summed E-state index contributed by atoms with van der Waals surface area (Å²) in [7, 11) is -3.12. The SMILES string of the molecule is CS(=O)(=O)C1CCN(C(=O)c2cnn(-c3ccccc3)n2)C1. The molecule has 1 aromatic heterocycles. The van der Waals surface area contributed by atoms with Gasteiger partial charge < -0.3 is 4.90 Å². The zero-order valence-corrected chi connectivity index (χ0v) is 12.9. The van der Waals surface area contributed by atoms with E-state index in [-0.39, 0.29) is 18.1 Å². The van der Waals surface area contributed by atoms with Gasteiger partial charge in [-0.25, -0.2) is 8.42 Å². The molecule has 7 nitrogen and oxygen atoms in total. The predicted octanol–water partition coefficient (Wildman–Crippen LogP) is 0.526. The van der Waals surface area contributed by atoms with Crippen LogP contribution in [0.1, 0.15) is 16.9 Å². The van der Waals surface area contributed by atoms with Crippen molar-refractivity contribution in [1.29, 1.82) is 0 Å². The molecule has 1 saturated heterocycles. The largest absolute Gasteiger partial charge is 0.336 e. The second-order valence-corrected chi connectivity index (χ2v) is 7.67. The van der Waals surface area contributed by atoms with Crippen LogP contribution >= 0.6 is 0 Å². The van der Waals surface area contributed by atoms with Crippen LogP contribution in [-0.2, 0) is 9.84 Å². The monoisotopic (exact) mass is 320 g/mol. The topological polar surface area (TPSA) is 85.2 Å². The summed E-state index contributed by atoms with van der Waals surface area (Å²) in [6.45, 7) is 0.643. The van der Waals surface area contributed by atoms with Crippen LogP contribution < -0.4 is 0 Å². The summed E-state index contributed by atoms with van der Waals surface area (Å²) >= 11 is 0. The molecule has 0 spiro atoms. The maximum Gasteiger partial charge on any atom is 0.276 e. The maximum atomic E-state index is 12.4. The van der Waals surface area contributed by atoms with Crippen LogP contribution in [0.5, 0.6) is 0 Å². The lowest BCUT2D eigenvalue weighted by Crippen LogP contribution is -2.31. The Labute approximate surface area is 128 Å². The van der Waals surface area contributed by atoms with Gasteiger partial charge in [0.2, 0.25) is 0 Å². The second kappa shape index (κ2) is 5.53. The highest BCUT2D eigenvalue weighted by molar-refractivity contribution is 7.91. The molecule has 8 heteroatoms. The van der Waals surface area contributed by atoms with Gasteiger partial charge in [-0.15, -0.1) is 5.10 Å². The number of amides is 1. The summed E-state index contributed by atoms with van der Waals surface area (Å²) < 4.78 is 23.1. The number of benzene rings is 1. The summed E-state index contributed by atoms with van der Waals surface area (Å²) in [5.74, 6) is -0.284. The Morgan fingerprint density at radius 2 is 2.00 bits per heavy atom. The molecule has 116 valence electrons. The third-order valence-corrected chi connectivity index (χ3v) is 5.33. The van der Waals surface area contributed by atoms with Crippen molar-refractivity contribution < 1.29 is 13.2 Å². The number of rotatable bonds is 3. The first-order valence-corrected chi connectivity index (χ1v) is 8.86. The fraction of sp³-hybridized carbons (Fsp3) is 0.357. The summed E-state index contributed by atoms with van der Waals surface area (Å²) in [5.41, 5.74) is 0.981. The molecule has 1 atom stereocenters. The number of para-hydroxylation sites is 1. The molecule has 1 aliphatic heterocycles. The Bertz CT molecular complexity index is 785. The molecule has 0 N–H and O–H groups in total. The number of likely N-dealkylation sites (tertiary alicyclic amines) is 1. The zero-order valence-electron chi connectivity index (χ0n) is 12.1. The van der Waals surface area contributed by atoms with E-state index in [1.54, 1.807) is 0 Å². The van der Waals surface area contributed by atoms with E-state index in [4.69, 9.17) is 0 Å². The van der Waals surface area contributed by atoms with Gasteiger partial charge in [-0.05, 0) is 18.6 Å². The van der Waals surface area contributed by atoms with Crippen molar-refractivity contribution in [3.8, 4) is 5.69 Å². The lowest BCUT2D eigenvalue weighted by Gasteiger charge is -2.14. The van der Waals surface area contributed by atoms with Crippen molar-refractivity contribution >= 4 is 15.7 Å². The van der Waals surface area contributed by atoms with Crippen molar-refractivity contribution in [1.82, 2.24) is 19.9 Å². The number of aromatic nitrogens is 3. The fourth-order valence-corrected chi connectivity index (χ4v) is 3.46. The van der Waals surface area contributed by atoms with Crippen molar-refractivity contribution in [2.75, 3.05) is 19.3 Å². The van der Waals surface area contributed by atoms with Crippen LogP contribution in [0.15, 0.2) is 36.5 Å². The van der Waals surface area contributed by atoms with Gasteiger partial charge in [0.25, 0.3) is 5.91 Å². The standard InChI is InChI=1S/C14H16N4O3S/c1-22(20,21)12-7-8-17(10-12)14(19)13-9-15-18(16-13)11-5-3-2-4-6-11/h2-6,9,12H,7-8,10H2,1H3. The van der Waals surface area contributed by atoms with Crippen molar-refractivity contribution in [3.63, 3.8) is 0 Å². The zero-order chi connectivity index (χ0) is 15.7. The molecule has 2 heterocycles. The van der Waals surface area contributed by atoms with Gasteiger partial charge in [0.15, 0.2) is 15.5 Å². The van der Waals surface area contributed by atoms with E-state index in [2.05, 4.69) is 10.2 Å². The first-order valence-electron chi connectivity index (χ1n) is 6.91. The molecule has 0 bridgehead atoms. The number of carbonyl (C=O) groups is 1. The Morgan fingerprint density at radius 3 is 2.64 bits per heavy atom. The Kier molecular flexibility index (Phi) is 3.69. The van der Waals surface area contributed by atoms with Gasteiger partial charge in [-0.3, -0.25) is 4.79 Å². The molecule has 1 fully saturated rings. The van der Waals surface area contributed by atoms with Crippen molar-refractivity contribution in [2.45, 2.75) is 11.7 Å². The maximum absolute atomic E-state index is 12.4. The van der Waals surface area contributed by atoms with Crippen molar-refractivity contribution in [3.05, 3.63) is 42.2 Å². The number of carbonyl (C=O) groups excluding carboxylic acids is 1. The Balaban J connectivity index is 1.76. The van der Waals surface area contributed by atoms with Crippen LogP contribution in [0.4, 0.5) is 0 Å². The minimum atomic E-state index is -3.12. The molecule has 3 rings (SSSR count). The van der Waals surface area contributed by atoms with Gasteiger partial charge in [-0.1, -0.05) is 18.2 Å². The molecular formula is C14H16N4O3S. The lowest BCUT2D eigenvalue weighted by molar-refractivity contribution is 0.0787. The van der Waals surface area contributed by atoms with Crippen LogP contribution in [0.3, 0.4) is 0 Å². The van der Waals surface area contributed by atoms with E-state index >= 15 is 0 Å². The Morgan fingerprint density at radius 1 is 1.27 bits per heavy atom. The van der Waals surface area contributed by atoms with Crippen LogP contribution in [-0.4, -0.2) is 58.8 Å². The van der Waals surface area contributed by atoms with Gasteiger partial charge in [0.1, 0.15) is 0 Å². The highest BCUT2D eigenvalue weighted by Crippen LogP contribution is 2.18. The highest BCUT2D eigenvalue weighted by atomic mass is 32.2. The fourth-order valence-electron chi connectivity index (χ4n) is 2.47. The minimum absolute atomic E-state index is 0.218. The summed E-state index contributed by atoms with van der Waals surface area (Å²) in [4.78, 5) is 15.3. The van der Waals surface area contributed by atoms with E-state index in [0.717, 1.165) is 5.69 Å². The first-order chi connectivity index (χ1) is 10.4. The van der Waals surface area contributed by atoms with Crippen LogP contribution in [0, 0.1) is 0 Å². The summed E-state index contributed by atoms with van der Waals surface area (Å²) in [5, 5.41) is 7.78. The predicted molar refractivity (Wildman–Crippen MR) is 80.5 cm³/mol. The molecule has 0 radical (unpaired) electrons. The van der Waals surface area contributed by atoms with E-state index in [9.17, 15) is 13.2 Å². The average molecular weight is 320 g/mol. The number of sulfone groups is 1. The van der Waals surface area contributed by atoms with Gasteiger partial charge in [0.05, 0.1) is 17.1 Å². The molecule has 0 aliphatic carbocycles. The molecule has 22 heavy (non-hydrogen) atoms. The minimum Gasteiger partial charge on any atom is -0.336 e. The summed E-state index contributed by atoms with van der Waals surface area (Å²) in [6.07, 6.45) is 3.08. The highest BCUT2D eigenvalue weighted by Gasteiger charge is 2.33. The average Bonchev–Trinajstić information content (AvgIpc) is 3.16. The molecular weight excluding hydrogens is 304 g/mol. The molecule has 1 unspecified atom stereocenters.